The van der Waals surface area contributed by atoms with Crippen LogP contribution in [0.5, 0.6) is 0 Å². The van der Waals surface area contributed by atoms with Crippen molar-refractivity contribution in [1.29, 1.82) is 5.26 Å². The number of aliphatic carboxylic acids is 1. The molecule has 0 heterocycles. The van der Waals surface area contributed by atoms with Crippen molar-refractivity contribution in [3.05, 3.63) is 0 Å². The Morgan fingerprint density at radius 3 is 2.22 bits per heavy atom. The van der Waals surface area contributed by atoms with Crippen molar-refractivity contribution in [3.63, 3.8) is 0 Å². The maximum Gasteiger partial charge on any atom is 0.310 e. The molecule has 0 aliphatic heterocycles. The Morgan fingerprint density at radius 2 is 1.89 bits per heavy atom. The van der Waals surface area contributed by atoms with E-state index in [4.69, 9.17) is 5.26 Å². The van der Waals surface area contributed by atoms with Crippen molar-refractivity contribution in [3.8, 4) is 6.07 Å². The number of rotatable bonds is 6. The van der Waals surface area contributed by atoms with Gasteiger partial charge in [-0.25, -0.2) is 0 Å². The molecule has 0 bridgehead atoms. The fourth-order valence-electron chi connectivity index (χ4n) is 1.48. The SMILES string of the molecule is CC(CC#N)N(C)C(=O)CC(C)(C(=O)O)C(C)C. The van der Waals surface area contributed by atoms with Gasteiger partial charge in [0, 0.05) is 19.5 Å². The van der Waals surface area contributed by atoms with Gasteiger partial charge in [0.05, 0.1) is 17.9 Å². The number of nitriles is 1. The molecule has 102 valence electrons. The van der Waals surface area contributed by atoms with Crippen molar-refractivity contribution in [1.82, 2.24) is 4.90 Å². The van der Waals surface area contributed by atoms with Gasteiger partial charge in [-0.15, -0.1) is 0 Å². The van der Waals surface area contributed by atoms with E-state index in [0.29, 0.717) is 0 Å². The Labute approximate surface area is 108 Å². The third kappa shape index (κ3) is 3.73. The monoisotopic (exact) mass is 254 g/mol. The zero-order valence-electron chi connectivity index (χ0n) is 11.7. The summed E-state index contributed by atoms with van der Waals surface area (Å²) in [6.07, 6.45) is 0.194. The van der Waals surface area contributed by atoms with Crippen molar-refractivity contribution in [2.24, 2.45) is 11.3 Å². The van der Waals surface area contributed by atoms with E-state index in [1.54, 1.807) is 34.7 Å². The largest absolute Gasteiger partial charge is 0.481 e. The maximum absolute atomic E-state index is 12.0. The molecular weight excluding hydrogens is 232 g/mol. The molecule has 2 atom stereocenters. The van der Waals surface area contributed by atoms with Crippen LogP contribution in [0.2, 0.25) is 0 Å². The standard InChI is InChI=1S/C13H22N2O3/c1-9(2)13(4,12(17)18)8-11(16)15(5)10(3)6-7-14/h9-10H,6,8H2,1-5H3,(H,17,18). The van der Waals surface area contributed by atoms with Crippen LogP contribution >= 0.6 is 0 Å². The maximum atomic E-state index is 12.0. The summed E-state index contributed by atoms with van der Waals surface area (Å²) < 4.78 is 0. The average molecular weight is 254 g/mol. The Bertz CT molecular complexity index is 360. The number of carbonyl (C=O) groups is 2. The van der Waals surface area contributed by atoms with Crippen molar-refractivity contribution < 1.29 is 14.7 Å². The van der Waals surface area contributed by atoms with Crippen LogP contribution in [0.15, 0.2) is 0 Å². The molecule has 0 rings (SSSR count). The van der Waals surface area contributed by atoms with Gasteiger partial charge in [0.1, 0.15) is 0 Å². The van der Waals surface area contributed by atoms with E-state index in [0.717, 1.165) is 0 Å². The zero-order chi connectivity index (χ0) is 14.5. The second-order valence-corrected chi connectivity index (χ2v) is 5.27. The van der Waals surface area contributed by atoms with Crippen molar-refractivity contribution in [2.45, 2.75) is 46.6 Å². The number of nitrogens with zero attached hydrogens (tertiary/aromatic N) is 2. The summed E-state index contributed by atoms with van der Waals surface area (Å²) in [7, 11) is 1.60. The lowest BCUT2D eigenvalue weighted by Crippen LogP contribution is -2.42. The molecular formula is C13H22N2O3. The third-order valence-corrected chi connectivity index (χ3v) is 3.72. The van der Waals surface area contributed by atoms with Gasteiger partial charge in [-0.1, -0.05) is 13.8 Å². The second-order valence-electron chi connectivity index (χ2n) is 5.27. The molecule has 0 aliphatic carbocycles. The number of carbonyl (C=O) groups excluding carboxylic acids is 1. The quantitative estimate of drug-likeness (QED) is 0.784. The molecule has 0 saturated carbocycles. The van der Waals surface area contributed by atoms with E-state index >= 15 is 0 Å². The van der Waals surface area contributed by atoms with Crippen LogP contribution in [0, 0.1) is 22.7 Å². The molecule has 0 aromatic rings. The zero-order valence-corrected chi connectivity index (χ0v) is 11.7. The summed E-state index contributed by atoms with van der Waals surface area (Å²) in [6, 6.07) is 1.80. The molecule has 0 aromatic heterocycles. The first-order chi connectivity index (χ1) is 8.16. The third-order valence-electron chi connectivity index (χ3n) is 3.72. The van der Waals surface area contributed by atoms with Crippen molar-refractivity contribution >= 4 is 11.9 Å². The molecule has 5 nitrogen and oxygen atoms in total. The molecule has 0 radical (unpaired) electrons. The lowest BCUT2D eigenvalue weighted by molar-refractivity contribution is -0.155. The fourth-order valence-corrected chi connectivity index (χ4v) is 1.48. The van der Waals surface area contributed by atoms with Crippen LogP contribution in [-0.2, 0) is 9.59 Å². The van der Waals surface area contributed by atoms with Gasteiger partial charge in [0.2, 0.25) is 5.91 Å². The molecule has 0 aliphatic rings. The predicted octanol–water partition coefficient (Wildman–Crippen LogP) is 1.88. The summed E-state index contributed by atoms with van der Waals surface area (Å²) in [5.74, 6) is -1.35. The highest BCUT2D eigenvalue weighted by Gasteiger charge is 2.39. The van der Waals surface area contributed by atoms with Crippen LogP contribution in [0.1, 0.15) is 40.5 Å². The first-order valence-electron chi connectivity index (χ1n) is 6.02. The van der Waals surface area contributed by atoms with Gasteiger partial charge in [-0.2, -0.15) is 5.26 Å². The van der Waals surface area contributed by atoms with Gasteiger partial charge < -0.3 is 10.0 Å². The van der Waals surface area contributed by atoms with E-state index in [2.05, 4.69) is 0 Å². The van der Waals surface area contributed by atoms with E-state index < -0.39 is 11.4 Å². The molecule has 18 heavy (non-hydrogen) atoms. The molecule has 1 amide bonds. The van der Waals surface area contributed by atoms with Gasteiger partial charge in [-0.05, 0) is 19.8 Å². The van der Waals surface area contributed by atoms with E-state index in [-0.39, 0.29) is 30.7 Å². The highest BCUT2D eigenvalue weighted by Crippen LogP contribution is 2.32. The fraction of sp³-hybridized carbons (Fsp3) is 0.769. The molecule has 0 saturated heterocycles. The number of amides is 1. The van der Waals surface area contributed by atoms with Crippen LogP contribution in [-0.4, -0.2) is 35.0 Å². The highest BCUT2D eigenvalue weighted by atomic mass is 16.4. The van der Waals surface area contributed by atoms with Crippen LogP contribution in [0.3, 0.4) is 0 Å². The normalized spacial score (nSPS) is 15.6. The molecule has 0 fully saturated rings. The summed E-state index contributed by atoms with van der Waals surface area (Å²) >= 11 is 0. The van der Waals surface area contributed by atoms with Gasteiger partial charge >= 0.3 is 5.97 Å². The highest BCUT2D eigenvalue weighted by molar-refractivity contribution is 5.85. The van der Waals surface area contributed by atoms with Gasteiger partial charge in [0.25, 0.3) is 0 Å². The van der Waals surface area contributed by atoms with Crippen LogP contribution in [0.25, 0.3) is 0 Å². The number of hydrogen-bond acceptors (Lipinski definition) is 3. The van der Waals surface area contributed by atoms with Crippen LogP contribution < -0.4 is 0 Å². The average Bonchev–Trinajstić information content (AvgIpc) is 2.27. The van der Waals surface area contributed by atoms with Gasteiger partial charge in [-0.3, -0.25) is 9.59 Å². The minimum absolute atomic E-state index is 0.0493. The second kappa shape index (κ2) is 6.39. The Hall–Kier alpha value is -1.57. The summed E-state index contributed by atoms with van der Waals surface area (Å²) in [4.78, 5) is 24.8. The smallest absolute Gasteiger partial charge is 0.310 e. The Balaban J connectivity index is 4.83. The lowest BCUT2D eigenvalue weighted by atomic mass is 9.76. The molecule has 5 heteroatoms. The first-order valence-corrected chi connectivity index (χ1v) is 6.02. The number of hydrogen-bond donors (Lipinski definition) is 1. The summed E-state index contributed by atoms with van der Waals surface area (Å²) in [6.45, 7) is 6.94. The number of carboxylic acid groups (broad SMARTS) is 1. The first kappa shape index (κ1) is 16.4. The Kier molecular flexibility index (Phi) is 5.83. The molecule has 1 N–H and O–H groups in total. The molecule has 0 spiro atoms. The summed E-state index contributed by atoms with van der Waals surface area (Å²) in [5, 5.41) is 17.8. The predicted molar refractivity (Wildman–Crippen MR) is 67.7 cm³/mol. The Morgan fingerprint density at radius 1 is 1.39 bits per heavy atom. The lowest BCUT2D eigenvalue weighted by Gasteiger charge is -2.32. The summed E-state index contributed by atoms with van der Waals surface area (Å²) in [5.41, 5.74) is -1.07. The minimum atomic E-state index is -1.07. The van der Waals surface area contributed by atoms with E-state index in [1.165, 1.54) is 4.90 Å². The minimum Gasteiger partial charge on any atom is -0.481 e. The van der Waals surface area contributed by atoms with Crippen molar-refractivity contribution in [2.75, 3.05) is 7.05 Å². The molecule has 0 aromatic carbocycles. The van der Waals surface area contributed by atoms with E-state index in [1.807, 2.05) is 6.07 Å². The number of carboxylic acids is 1. The van der Waals surface area contributed by atoms with Crippen LogP contribution in [0.4, 0.5) is 0 Å². The molecule has 2 unspecified atom stereocenters. The van der Waals surface area contributed by atoms with Gasteiger partial charge in [0.15, 0.2) is 0 Å². The van der Waals surface area contributed by atoms with E-state index in [9.17, 15) is 14.7 Å². The topological polar surface area (TPSA) is 81.4 Å².